The minimum atomic E-state index is -0.911. The molecule has 1 aliphatic carbocycles. The molecule has 1 saturated carbocycles. The van der Waals surface area contributed by atoms with E-state index in [9.17, 15) is 19.5 Å². The normalized spacial score (nSPS) is 21.0. The second-order valence-corrected chi connectivity index (χ2v) is 16.5. The number of anilines is 1. The van der Waals surface area contributed by atoms with Gasteiger partial charge in [-0.25, -0.2) is 9.97 Å². The van der Waals surface area contributed by atoms with E-state index < -0.39 is 17.9 Å². The van der Waals surface area contributed by atoms with Gasteiger partial charge in [0.2, 0.25) is 5.91 Å². The van der Waals surface area contributed by atoms with Crippen LogP contribution in [0.4, 0.5) is 5.69 Å². The molecule has 2 aromatic heterocycles. The number of aromatic nitrogens is 2. The average Bonchev–Trinajstić information content (AvgIpc) is 3.60. The van der Waals surface area contributed by atoms with Gasteiger partial charge in [-0.3, -0.25) is 19.3 Å². The Labute approximate surface area is 300 Å². The number of nitrogens with zero attached hydrogens (tertiary/aromatic N) is 5. The Bertz CT molecular complexity index is 1610. The third-order valence-corrected chi connectivity index (χ3v) is 12.2. The van der Waals surface area contributed by atoms with Crippen LogP contribution >= 0.6 is 11.3 Å². The first-order valence-electron chi connectivity index (χ1n) is 18.3. The highest BCUT2D eigenvalue weighted by molar-refractivity contribution is 7.14. The molecule has 3 aromatic rings. The van der Waals surface area contributed by atoms with Gasteiger partial charge in [-0.15, -0.1) is 11.3 Å². The zero-order valence-corrected chi connectivity index (χ0v) is 30.8. The number of rotatable bonds is 11. The number of amides is 2. The molecule has 3 aliphatic rings. The van der Waals surface area contributed by atoms with E-state index in [-0.39, 0.29) is 36.7 Å². The summed E-state index contributed by atoms with van der Waals surface area (Å²) >= 11 is 1.42. The number of benzene rings is 1. The quantitative estimate of drug-likeness (QED) is 0.255. The van der Waals surface area contributed by atoms with Crippen molar-refractivity contribution in [3.63, 3.8) is 0 Å². The number of carboxylic acids is 1. The molecule has 6 rings (SSSR count). The standard InChI is InChI=1S/C39H52N6O4S/c1-5-6-26-9-13-30(14-10-26)43-17-19-44(20-18-43)31-22-40-35(41-23-31)28-11-7-27(8-12-28)21-32(37(47)45-24-29(25-45)38(48)49)42-36(46)33-15-16-34(50-33)39(2,3)4/h7-8,11-12,15-16,22-23,26,29-30,32H,5-6,9-10,13-14,17-21,24-25H2,1-4H3,(H,42,46)(H,48,49)/t26-,30+,32-/m0/s1. The van der Waals surface area contributed by atoms with Crippen molar-refractivity contribution in [2.75, 3.05) is 44.2 Å². The molecule has 1 atom stereocenters. The van der Waals surface area contributed by atoms with Gasteiger partial charge in [0.05, 0.1) is 28.9 Å². The highest BCUT2D eigenvalue weighted by Gasteiger charge is 2.39. The summed E-state index contributed by atoms with van der Waals surface area (Å²) in [6.45, 7) is 13.0. The molecule has 1 aromatic carbocycles. The van der Waals surface area contributed by atoms with Gasteiger partial charge in [0.15, 0.2) is 5.82 Å². The Morgan fingerprint density at radius 1 is 0.940 bits per heavy atom. The number of piperazine rings is 1. The molecule has 0 spiro atoms. The molecule has 11 heteroatoms. The van der Waals surface area contributed by atoms with Crippen LogP contribution in [0.5, 0.6) is 0 Å². The highest BCUT2D eigenvalue weighted by atomic mass is 32.1. The predicted molar refractivity (Wildman–Crippen MR) is 198 cm³/mol. The molecule has 2 amide bonds. The Kier molecular flexibility index (Phi) is 11.2. The van der Waals surface area contributed by atoms with Gasteiger partial charge in [-0.2, -0.15) is 0 Å². The summed E-state index contributed by atoms with van der Waals surface area (Å²) in [5.74, 6) is -0.491. The summed E-state index contributed by atoms with van der Waals surface area (Å²) in [5, 5.41) is 12.3. The topological polar surface area (TPSA) is 119 Å². The lowest BCUT2D eigenvalue weighted by molar-refractivity contribution is -0.153. The van der Waals surface area contributed by atoms with E-state index >= 15 is 0 Å². The van der Waals surface area contributed by atoms with Gasteiger partial charge in [-0.1, -0.05) is 64.8 Å². The van der Waals surface area contributed by atoms with Crippen molar-refractivity contribution in [3.8, 4) is 11.4 Å². The van der Waals surface area contributed by atoms with Crippen LogP contribution in [0.2, 0.25) is 0 Å². The van der Waals surface area contributed by atoms with Crippen LogP contribution in [-0.4, -0.2) is 94.0 Å². The average molecular weight is 701 g/mol. The molecule has 4 heterocycles. The van der Waals surface area contributed by atoms with Crippen LogP contribution in [0.25, 0.3) is 11.4 Å². The fourth-order valence-corrected chi connectivity index (χ4v) is 8.51. The van der Waals surface area contributed by atoms with Gasteiger partial charge in [0, 0.05) is 62.2 Å². The lowest BCUT2D eigenvalue weighted by Crippen LogP contribution is -2.59. The van der Waals surface area contributed by atoms with Crippen LogP contribution in [-0.2, 0) is 21.4 Å². The third kappa shape index (κ3) is 8.54. The molecule has 2 aliphatic heterocycles. The van der Waals surface area contributed by atoms with Crippen molar-refractivity contribution in [1.82, 2.24) is 25.1 Å². The molecular formula is C39H52N6O4S. The number of carboxylic acid groups (broad SMARTS) is 1. The molecule has 2 saturated heterocycles. The molecule has 2 N–H and O–H groups in total. The van der Waals surface area contributed by atoms with Crippen molar-refractivity contribution in [1.29, 1.82) is 0 Å². The van der Waals surface area contributed by atoms with E-state index in [1.54, 1.807) is 6.07 Å². The number of hydrogen-bond acceptors (Lipinski definition) is 8. The zero-order valence-electron chi connectivity index (χ0n) is 29.9. The van der Waals surface area contributed by atoms with Crippen molar-refractivity contribution in [2.24, 2.45) is 11.8 Å². The van der Waals surface area contributed by atoms with Crippen LogP contribution in [0.3, 0.4) is 0 Å². The lowest BCUT2D eigenvalue weighted by Gasteiger charge is -2.42. The molecule has 0 unspecified atom stereocenters. The number of likely N-dealkylation sites (tertiary alicyclic amines) is 1. The van der Waals surface area contributed by atoms with Gasteiger partial charge >= 0.3 is 5.97 Å². The summed E-state index contributed by atoms with van der Waals surface area (Å²) in [5.41, 5.74) is 2.70. The second kappa shape index (κ2) is 15.6. The number of carbonyl (C=O) groups excluding carboxylic acids is 2. The second-order valence-electron chi connectivity index (χ2n) is 15.4. The highest BCUT2D eigenvalue weighted by Crippen LogP contribution is 2.32. The number of nitrogens with one attached hydrogen (secondary N) is 1. The molecule has 268 valence electrons. The Morgan fingerprint density at radius 2 is 1.60 bits per heavy atom. The van der Waals surface area contributed by atoms with Crippen LogP contribution in [0.1, 0.15) is 86.3 Å². The molecular weight excluding hydrogens is 649 g/mol. The molecule has 3 fully saturated rings. The van der Waals surface area contributed by atoms with E-state index in [0.29, 0.717) is 10.7 Å². The summed E-state index contributed by atoms with van der Waals surface area (Å²) in [4.78, 5) is 55.8. The van der Waals surface area contributed by atoms with Crippen LogP contribution in [0.15, 0.2) is 48.8 Å². The largest absolute Gasteiger partial charge is 0.481 e. The van der Waals surface area contributed by atoms with Crippen molar-refractivity contribution >= 4 is 34.8 Å². The van der Waals surface area contributed by atoms with Gasteiger partial charge < -0.3 is 20.2 Å². The van der Waals surface area contributed by atoms with Crippen LogP contribution < -0.4 is 10.2 Å². The van der Waals surface area contributed by atoms with Crippen LogP contribution in [0, 0.1) is 11.8 Å². The molecule has 0 radical (unpaired) electrons. The first-order chi connectivity index (χ1) is 24.0. The molecule has 10 nitrogen and oxygen atoms in total. The third-order valence-electron chi connectivity index (χ3n) is 10.7. The fraction of sp³-hybridized carbons (Fsp3) is 0.564. The maximum Gasteiger partial charge on any atom is 0.310 e. The number of carbonyl (C=O) groups is 3. The monoisotopic (exact) mass is 700 g/mol. The first-order valence-corrected chi connectivity index (χ1v) is 19.1. The van der Waals surface area contributed by atoms with E-state index in [1.807, 2.05) is 42.7 Å². The predicted octanol–water partition coefficient (Wildman–Crippen LogP) is 5.87. The zero-order chi connectivity index (χ0) is 35.4. The molecule has 0 bridgehead atoms. The Morgan fingerprint density at radius 3 is 2.18 bits per heavy atom. The SMILES string of the molecule is CCC[C@H]1CC[C@@H](N2CCN(c3cnc(-c4ccc(C[C@H](NC(=O)c5ccc(C(C)(C)C)s5)C(=O)N5CC(C(=O)O)C5)cc4)nc3)CC2)CC1. The maximum atomic E-state index is 13.5. The van der Waals surface area contributed by atoms with Gasteiger partial charge in [0.1, 0.15) is 6.04 Å². The minimum absolute atomic E-state index is 0.0875. The summed E-state index contributed by atoms with van der Waals surface area (Å²) < 4.78 is 0. The molecule has 50 heavy (non-hydrogen) atoms. The summed E-state index contributed by atoms with van der Waals surface area (Å²) in [6, 6.07) is 11.4. The van der Waals surface area contributed by atoms with Gasteiger partial charge in [-0.05, 0) is 54.7 Å². The van der Waals surface area contributed by atoms with Crippen molar-refractivity contribution in [2.45, 2.75) is 90.1 Å². The van der Waals surface area contributed by atoms with Crippen molar-refractivity contribution < 1.29 is 19.5 Å². The Balaban J connectivity index is 1.06. The summed E-state index contributed by atoms with van der Waals surface area (Å²) in [6.07, 6.45) is 12.2. The van der Waals surface area contributed by atoms with E-state index in [0.717, 1.165) is 59.8 Å². The minimum Gasteiger partial charge on any atom is -0.481 e. The smallest absolute Gasteiger partial charge is 0.310 e. The van der Waals surface area contributed by atoms with Gasteiger partial charge in [0.25, 0.3) is 5.91 Å². The maximum absolute atomic E-state index is 13.5. The number of thiophene rings is 1. The number of hydrogen-bond donors (Lipinski definition) is 2. The summed E-state index contributed by atoms with van der Waals surface area (Å²) in [7, 11) is 0. The Hall–Kier alpha value is -3.83. The lowest BCUT2D eigenvalue weighted by atomic mass is 9.83. The van der Waals surface area contributed by atoms with E-state index in [1.165, 1.54) is 54.8 Å². The van der Waals surface area contributed by atoms with Crippen molar-refractivity contribution in [3.05, 3.63) is 64.1 Å². The number of aliphatic carboxylic acids is 1. The first kappa shape index (κ1) is 36.0. The van der Waals surface area contributed by atoms with E-state index in [2.05, 4.69) is 42.8 Å². The fourth-order valence-electron chi connectivity index (χ4n) is 7.54. The van der Waals surface area contributed by atoms with E-state index in [4.69, 9.17) is 9.97 Å².